The molecule has 5 nitrogen and oxygen atoms in total. The second-order valence-electron chi connectivity index (χ2n) is 5.99. The average Bonchev–Trinajstić information content (AvgIpc) is 2.78. The van der Waals surface area contributed by atoms with E-state index in [1.165, 1.54) is 0 Å². The number of ether oxygens (including phenoxy) is 1. The van der Waals surface area contributed by atoms with Crippen LogP contribution in [0.3, 0.4) is 0 Å². The minimum absolute atomic E-state index is 0.0153. The van der Waals surface area contributed by atoms with Gasteiger partial charge in [-0.1, -0.05) is 17.7 Å². The molecule has 0 unspecified atom stereocenters. The minimum Gasteiger partial charge on any atom is -0.376 e. The van der Waals surface area contributed by atoms with Crippen LogP contribution in [0.2, 0.25) is 5.02 Å². The van der Waals surface area contributed by atoms with Gasteiger partial charge in [-0.25, -0.2) is 4.68 Å². The average molecular weight is 318 g/mol. The predicted molar refractivity (Wildman–Crippen MR) is 82.5 cm³/mol. The van der Waals surface area contributed by atoms with Crippen molar-refractivity contribution < 1.29 is 9.53 Å². The van der Waals surface area contributed by atoms with E-state index in [4.69, 9.17) is 16.3 Å². The van der Waals surface area contributed by atoms with Crippen molar-refractivity contribution in [1.82, 2.24) is 14.7 Å². The highest BCUT2D eigenvalue weighted by atomic mass is 35.5. The molecule has 1 aromatic heterocycles. The third-order valence-electron chi connectivity index (χ3n) is 4.52. The van der Waals surface area contributed by atoms with Crippen LogP contribution in [0.1, 0.15) is 22.6 Å². The number of benzene rings is 1. The van der Waals surface area contributed by atoms with Crippen molar-refractivity contribution in [2.24, 2.45) is 0 Å². The first-order valence-corrected chi connectivity index (χ1v) is 7.69. The van der Waals surface area contributed by atoms with Crippen LogP contribution in [0.4, 0.5) is 0 Å². The van der Waals surface area contributed by atoms with Crippen LogP contribution in [0.15, 0.2) is 30.3 Å². The number of aryl methyl sites for hydroxylation is 1. The molecule has 3 heterocycles. The summed E-state index contributed by atoms with van der Waals surface area (Å²) < 4.78 is 7.03. The molecule has 0 N–H and O–H groups in total. The molecule has 2 saturated heterocycles. The number of amides is 1. The highest BCUT2D eigenvalue weighted by Gasteiger charge is 2.53. The Morgan fingerprint density at radius 1 is 1.36 bits per heavy atom. The Bertz CT molecular complexity index is 746. The molecule has 2 aromatic rings. The van der Waals surface area contributed by atoms with Crippen molar-refractivity contribution in [2.45, 2.75) is 18.9 Å². The maximum Gasteiger partial charge on any atom is 0.275 e. The lowest BCUT2D eigenvalue weighted by atomic mass is 9.82. The van der Waals surface area contributed by atoms with Gasteiger partial charge in [0.25, 0.3) is 5.91 Å². The van der Waals surface area contributed by atoms with Gasteiger partial charge in [0.2, 0.25) is 0 Å². The maximum atomic E-state index is 12.7. The molecule has 0 radical (unpaired) electrons. The fourth-order valence-electron chi connectivity index (χ4n) is 3.08. The van der Waals surface area contributed by atoms with Gasteiger partial charge in [0, 0.05) is 17.3 Å². The molecule has 114 valence electrons. The number of likely N-dealkylation sites (tertiary alicyclic amines) is 1. The number of hydrogen-bond donors (Lipinski definition) is 0. The summed E-state index contributed by atoms with van der Waals surface area (Å²) in [5.74, 6) is -0.0153. The van der Waals surface area contributed by atoms with E-state index in [2.05, 4.69) is 5.10 Å². The lowest BCUT2D eigenvalue weighted by Crippen LogP contribution is -2.72. The number of hydrogen-bond acceptors (Lipinski definition) is 3. The molecule has 1 spiro atoms. The number of aromatic nitrogens is 2. The molecular weight excluding hydrogens is 302 g/mol. The van der Waals surface area contributed by atoms with E-state index in [1.807, 2.05) is 42.2 Å². The summed E-state index contributed by atoms with van der Waals surface area (Å²) in [7, 11) is 0. The van der Waals surface area contributed by atoms with Gasteiger partial charge in [0.05, 0.1) is 24.4 Å². The van der Waals surface area contributed by atoms with Gasteiger partial charge in [-0.15, -0.1) is 0 Å². The van der Waals surface area contributed by atoms with Crippen LogP contribution in [0.5, 0.6) is 0 Å². The first-order valence-electron chi connectivity index (χ1n) is 7.31. The van der Waals surface area contributed by atoms with Crippen LogP contribution in [0, 0.1) is 6.92 Å². The van der Waals surface area contributed by atoms with Crippen LogP contribution in [-0.2, 0) is 4.74 Å². The van der Waals surface area contributed by atoms with E-state index in [0.717, 1.165) is 24.3 Å². The predicted octanol–water partition coefficient (Wildman–Crippen LogP) is 2.45. The highest BCUT2D eigenvalue weighted by molar-refractivity contribution is 6.30. The van der Waals surface area contributed by atoms with Crippen molar-refractivity contribution in [2.75, 3.05) is 19.8 Å². The Morgan fingerprint density at radius 2 is 2.18 bits per heavy atom. The number of halogens is 1. The molecule has 2 aliphatic heterocycles. The molecular formula is C16H16ClN3O2. The number of nitrogens with zero attached hydrogens (tertiary/aromatic N) is 3. The second-order valence-corrected chi connectivity index (χ2v) is 6.42. The minimum atomic E-state index is -0.0647. The molecule has 4 rings (SSSR count). The Hall–Kier alpha value is -1.85. The van der Waals surface area contributed by atoms with E-state index in [0.29, 0.717) is 23.9 Å². The fraction of sp³-hybridized carbons (Fsp3) is 0.375. The van der Waals surface area contributed by atoms with Crippen molar-refractivity contribution in [3.8, 4) is 5.69 Å². The fourth-order valence-corrected chi connectivity index (χ4v) is 3.27. The lowest BCUT2D eigenvalue weighted by Gasteiger charge is -2.57. The van der Waals surface area contributed by atoms with Crippen molar-refractivity contribution in [3.05, 3.63) is 46.7 Å². The Morgan fingerprint density at radius 3 is 2.77 bits per heavy atom. The molecule has 22 heavy (non-hydrogen) atoms. The number of carbonyl (C=O) groups excluding carboxylic acids is 1. The van der Waals surface area contributed by atoms with E-state index in [1.54, 1.807) is 4.68 Å². The van der Waals surface area contributed by atoms with Crippen molar-refractivity contribution >= 4 is 17.5 Å². The highest BCUT2D eigenvalue weighted by Crippen LogP contribution is 2.38. The van der Waals surface area contributed by atoms with E-state index < -0.39 is 0 Å². The molecule has 1 amide bonds. The van der Waals surface area contributed by atoms with E-state index in [9.17, 15) is 4.79 Å². The molecule has 0 saturated carbocycles. The smallest absolute Gasteiger partial charge is 0.275 e. The largest absolute Gasteiger partial charge is 0.376 e. The van der Waals surface area contributed by atoms with Crippen LogP contribution < -0.4 is 0 Å². The summed E-state index contributed by atoms with van der Waals surface area (Å²) in [5.41, 5.74) is 2.17. The molecule has 0 aliphatic carbocycles. The van der Waals surface area contributed by atoms with E-state index >= 15 is 0 Å². The van der Waals surface area contributed by atoms with Crippen molar-refractivity contribution in [3.63, 3.8) is 0 Å². The zero-order valence-electron chi connectivity index (χ0n) is 12.3. The number of carbonyl (C=O) groups is 1. The standard InChI is InChI=1S/C16H16ClN3O2/c1-11-7-14(15(21)19-6-5-16(19)9-22-10-16)18-20(11)13-4-2-3-12(17)8-13/h2-4,7-8H,5-6,9-10H2,1H3. The molecule has 0 atom stereocenters. The third kappa shape index (κ3) is 1.96. The second kappa shape index (κ2) is 4.83. The summed E-state index contributed by atoms with van der Waals surface area (Å²) in [6.07, 6.45) is 1.02. The molecule has 1 aromatic carbocycles. The SMILES string of the molecule is Cc1cc(C(=O)N2CCC23COC3)nn1-c1cccc(Cl)c1. The lowest BCUT2D eigenvalue weighted by molar-refractivity contribution is -0.172. The van der Waals surface area contributed by atoms with Gasteiger partial charge in [-0.3, -0.25) is 4.79 Å². The third-order valence-corrected chi connectivity index (χ3v) is 4.75. The summed E-state index contributed by atoms with van der Waals surface area (Å²) in [6.45, 7) is 4.01. The van der Waals surface area contributed by atoms with Crippen LogP contribution >= 0.6 is 11.6 Å². The van der Waals surface area contributed by atoms with Gasteiger partial charge in [-0.2, -0.15) is 5.10 Å². The topological polar surface area (TPSA) is 47.4 Å². The monoisotopic (exact) mass is 317 g/mol. The summed E-state index contributed by atoms with van der Waals surface area (Å²) in [5, 5.41) is 5.12. The van der Waals surface area contributed by atoms with Gasteiger partial charge in [0.15, 0.2) is 5.69 Å². The Kier molecular flexibility index (Phi) is 3.03. The van der Waals surface area contributed by atoms with E-state index in [-0.39, 0.29) is 11.4 Å². The summed E-state index contributed by atoms with van der Waals surface area (Å²) in [6, 6.07) is 9.27. The van der Waals surface area contributed by atoms with Crippen LogP contribution in [0.25, 0.3) is 5.69 Å². The van der Waals surface area contributed by atoms with Gasteiger partial charge < -0.3 is 9.64 Å². The quantitative estimate of drug-likeness (QED) is 0.855. The molecule has 0 bridgehead atoms. The zero-order chi connectivity index (χ0) is 15.3. The van der Waals surface area contributed by atoms with Gasteiger partial charge in [-0.05, 0) is 37.6 Å². The first-order chi connectivity index (χ1) is 10.6. The van der Waals surface area contributed by atoms with Gasteiger partial charge >= 0.3 is 0 Å². The molecule has 6 heteroatoms. The zero-order valence-corrected chi connectivity index (χ0v) is 13.0. The van der Waals surface area contributed by atoms with Crippen LogP contribution in [-0.4, -0.2) is 45.9 Å². The molecule has 2 fully saturated rings. The maximum absolute atomic E-state index is 12.7. The number of rotatable bonds is 2. The van der Waals surface area contributed by atoms with Gasteiger partial charge in [0.1, 0.15) is 0 Å². The first kappa shape index (κ1) is 13.8. The molecule has 2 aliphatic rings. The van der Waals surface area contributed by atoms with Crippen molar-refractivity contribution in [1.29, 1.82) is 0 Å². The summed E-state index contributed by atoms with van der Waals surface area (Å²) in [4.78, 5) is 14.6. The summed E-state index contributed by atoms with van der Waals surface area (Å²) >= 11 is 6.03. The Balaban J connectivity index is 1.64. The normalized spacial score (nSPS) is 18.9. The Labute approximate surface area is 133 Å².